The molecule has 0 bridgehead atoms. The molecule has 0 fully saturated rings. The summed E-state index contributed by atoms with van der Waals surface area (Å²) >= 11 is 3.15. The van der Waals surface area contributed by atoms with Crippen LogP contribution in [0.25, 0.3) is 0 Å². The fourth-order valence-corrected chi connectivity index (χ4v) is 1.18. The molecule has 3 heteroatoms. The number of ether oxygens (including phenoxy) is 1. The molecule has 1 aliphatic heterocycles. The van der Waals surface area contributed by atoms with Gasteiger partial charge in [0.1, 0.15) is 0 Å². The van der Waals surface area contributed by atoms with Gasteiger partial charge in [-0.1, -0.05) is 0 Å². The molecule has 1 unspecified atom stereocenters. The third-order valence-electron chi connectivity index (χ3n) is 1.17. The summed E-state index contributed by atoms with van der Waals surface area (Å²) in [5.74, 6) is 0. The maximum Gasteiger partial charge on any atom is 0.160 e. The average Bonchev–Trinajstić information content (AvgIpc) is 1.88. The van der Waals surface area contributed by atoms with Crippen molar-refractivity contribution >= 4 is 22.2 Å². The normalized spacial score (nSPS) is 26.3. The Morgan fingerprint density at radius 1 is 1.89 bits per heavy atom. The fraction of sp³-hybridized carbons (Fsp3) is 0.500. The van der Waals surface area contributed by atoms with Gasteiger partial charge in [-0.15, -0.1) is 0 Å². The van der Waals surface area contributed by atoms with Crippen molar-refractivity contribution in [1.29, 1.82) is 0 Å². The van der Waals surface area contributed by atoms with Gasteiger partial charge in [0.25, 0.3) is 0 Å². The molecular weight excluding hydrogens is 184 g/mol. The molecule has 1 atom stereocenters. The predicted octanol–water partition coefficient (Wildman–Crippen LogP) is 1.60. The molecule has 0 aromatic carbocycles. The van der Waals surface area contributed by atoms with E-state index >= 15 is 0 Å². The highest BCUT2D eigenvalue weighted by atomic mass is 79.9. The van der Waals surface area contributed by atoms with Crippen molar-refractivity contribution in [1.82, 2.24) is 0 Å². The SMILES string of the molecule is O=CC1CCC=C(Br)O1. The van der Waals surface area contributed by atoms with Crippen molar-refractivity contribution in [3.05, 3.63) is 10.7 Å². The average molecular weight is 191 g/mol. The monoisotopic (exact) mass is 190 g/mol. The minimum atomic E-state index is -0.232. The molecule has 0 spiro atoms. The topological polar surface area (TPSA) is 26.3 Å². The molecule has 2 nitrogen and oxygen atoms in total. The van der Waals surface area contributed by atoms with Crippen LogP contribution in [0.2, 0.25) is 0 Å². The van der Waals surface area contributed by atoms with Crippen LogP contribution in [-0.4, -0.2) is 12.4 Å². The molecule has 0 aromatic heterocycles. The zero-order valence-corrected chi connectivity index (χ0v) is 6.43. The lowest BCUT2D eigenvalue weighted by molar-refractivity contribution is -0.116. The first-order valence-electron chi connectivity index (χ1n) is 2.80. The van der Waals surface area contributed by atoms with Crippen molar-refractivity contribution in [2.75, 3.05) is 0 Å². The second-order valence-electron chi connectivity index (χ2n) is 1.88. The van der Waals surface area contributed by atoms with E-state index in [4.69, 9.17) is 4.74 Å². The third-order valence-corrected chi connectivity index (χ3v) is 1.68. The third kappa shape index (κ3) is 1.82. The summed E-state index contributed by atoms with van der Waals surface area (Å²) in [7, 11) is 0. The molecule has 1 aliphatic rings. The molecule has 0 saturated carbocycles. The lowest BCUT2D eigenvalue weighted by Gasteiger charge is -2.15. The Labute approximate surface area is 62.0 Å². The largest absolute Gasteiger partial charge is 0.477 e. The smallest absolute Gasteiger partial charge is 0.160 e. The zero-order valence-electron chi connectivity index (χ0n) is 4.84. The maximum absolute atomic E-state index is 10.1. The first-order valence-corrected chi connectivity index (χ1v) is 3.60. The van der Waals surface area contributed by atoms with Gasteiger partial charge in [0.05, 0.1) is 0 Å². The number of rotatable bonds is 1. The van der Waals surface area contributed by atoms with Gasteiger partial charge in [-0.2, -0.15) is 0 Å². The van der Waals surface area contributed by atoms with E-state index < -0.39 is 0 Å². The summed E-state index contributed by atoms with van der Waals surface area (Å²) in [6, 6.07) is 0. The van der Waals surface area contributed by atoms with E-state index in [0.717, 1.165) is 19.1 Å². The van der Waals surface area contributed by atoms with Crippen LogP contribution in [0.5, 0.6) is 0 Å². The first-order chi connectivity index (χ1) is 4.33. The zero-order chi connectivity index (χ0) is 6.69. The molecular formula is C6H7BrO2. The molecule has 0 aromatic rings. The Balaban J connectivity index is 2.48. The van der Waals surface area contributed by atoms with E-state index in [1.807, 2.05) is 6.08 Å². The molecule has 0 saturated heterocycles. The predicted molar refractivity (Wildman–Crippen MR) is 37.2 cm³/mol. The number of aldehydes is 1. The molecule has 50 valence electrons. The van der Waals surface area contributed by atoms with Gasteiger partial charge >= 0.3 is 0 Å². The molecule has 0 radical (unpaired) electrons. The van der Waals surface area contributed by atoms with Crippen LogP contribution < -0.4 is 0 Å². The van der Waals surface area contributed by atoms with Crippen LogP contribution in [0.1, 0.15) is 12.8 Å². The molecule has 1 rings (SSSR count). The Morgan fingerprint density at radius 2 is 2.67 bits per heavy atom. The van der Waals surface area contributed by atoms with E-state index in [1.165, 1.54) is 0 Å². The quantitative estimate of drug-likeness (QED) is 0.588. The van der Waals surface area contributed by atoms with Gasteiger partial charge in [-0.25, -0.2) is 0 Å². The number of allylic oxidation sites excluding steroid dienone is 1. The summed E-state index contributed by atoms with van der Waals surface area (Å²) in [6.45, 7) is 0. The highest BCUT2D eigenvalue weighted by Crippen LogP contribution is 2.19. The van der Waals surface area contributed by atoms with Gasteiger partial charge in [-0.05, 0) is 34.8 Å². The molecule has 0 aliphatic carbocycles. The van der Waals surface area contributed by atoms with Crippen molar-refractivity contribution in [2.45, 2.75) is 18.9 Å². The van der Waals surface area contributed by atoms with E-state index in [2.05, 4.69) is 15.9 Å². The van der Waals surface area contributed by atoms with Crippen LogP contribution >= 0.6 is 15.9 Å². The van der Waals surface area contributed by atoms with E-state index in [9.17, 15) is 4.79 Å². The highest BCUT2D eigenvalue weighted by molar-refractivity contribution is 9.11. The van der Waals surface area contributed by atoms with Crippen LogP contribution in [0.4, 0.5) is 0 Å². The van der Waals surface area contributed by atoms with E-state index in [1.54, 1.807) is 0 Å². The summed E-state index contributed by atoms with van der Waals surface area (Å²) in [5.41, 5.74) is 0. The minimum absolute atomic E-state index is 0.232. The van der Waals surface area contributed by atoms with Gasteiger partial charge < -0.3 is 4.74 Å². The van der Waals surface area contributed by atoms with Crippen molar-refractivity contribution in [3.8, 4) is 0 Å². The Hall–Kier alpha value is -0.310. The lowest BCUT2D eigenvalue weighted by atomic mass is 10.2. The number of hydrogen-bond donors (Lipinski definition) is 0. The van der Waals surface area contributed by atoms with Gasteiger partial charge in [-0.3, -0.25) is 4.79 Å². The number of halogens is 1. The standard InChI is InChI=1S/C6H7BrO2/c7-6-3-1-2-5(4-8)9-6/h3-5H,1-2H2. The van der Waals surface area contributed by atoms with Crippen LogP contribution in [0.15, 0.2) is 10.7 Å². The maximum atomic E-state index is 10.1. The van der Waals surface area contributed by atoms with Crippen LogP contribution in [0.3, 0.4) is 0 Å². The number of carbonyl (C=O) groups is 1. The van der Waals surface area contributed by atoms with Gasteiger partial charge in [0.2, 0.25) is 0 Å². The second-order valence-corrected chi connectivity index (χ2v) is 2.66. The first kappa shape index (κ1) is 6.81. The molecule has 0 amide bonds. The summed E-state index contributed by atoms with van der Waals surface area (Å²) < 4.78 is 5.73. The lowest BCUT2D eigenvalue weighted by Crippen LogP contribution is -2.15. The molecule has 9 heavy (non-hydrogen) atoms. The van der Waals surface area contributed by atoms with Crippen molar-refractivity contribution in [2.24, 2.45) is 0 Å². The van der Waals surface area contributed by atoms with Crippen LogP contribution in [-0.2, 0) is 9.53 Å². The Kier molecular flexibility index (Phi) is 2.28. The fourth-order valence-electron chi connectivity index (χ4n) is 0.709. The Bertz CT molecular complexity index is 142. The van der Waals surface area contributed by atoms with Crippen molar-refractivity contribution in [3.63, 3.8) is 0 Å². The van der Waals surface area contributed by atoms with E-state index in [-0.39, 0.29) is 6.10 Å². The second kappa shape index (κ2) is 3.01. The summed E-state index contributed by atoms with van der Waals surface area (Å²) in [5, 5.41) is 0. The summed E-state index contributed by atoms with van der Waals surface area (Å²) in [4.78, 5) is 10.1. The van der Waals surface area contributed by atoms with E-state index in [0.29, 0.717) is 4.67 Å². The molecule has 0 N–H and O–H groups in total. The minimum Gasteiger partial charge on any atom is -0.477 e. The highest BCUT2D eigenvalue weighted by Gasteiger charge is 2.12. The number of hydrogen-bond acceptors (Lipinski definition) is 2. The van der Waals surface area contributed by atoms with Crippen molar-refractivity contribution < 1.29 is 9.53 Å². The van der Waals surface area contributed by atoms with Gasteiger partial charge in [0.15, 0.2) is 17.1 Å². The Morgan fingerprint density at radius 3 is 3.11 bits per heavy atom. The molecule has 1 heterocycles. The number of carbonyl (C=O) groups excluding carboxylic acids is 1. The van der Waals surface area contributed by atoms with Gasteiger partial charge in [0, 0.05) is 0 Å². The summed E-state index contributed by atoms with van der Waals surface area (Å²) in [6.07, 6.45) is 4.24. The van der Waals surface area contributed by atoms with Crippen LogP contribution in [0, 0.1) is 0 Å².